The predicted octanol–water partition coefficient (Wildman–Crippen LogP) is 4.04. The second-order valence-electron chi connectivity index (χ2n) is 7.65. The smallest absolute Gasteiger partial charge is 0.267 e. The second-order valence-corrected chi connectivity index (χ2v) is 8.84. The minimum absolute atomic E-state index is 0.00197. The van der Waals surface area contributed by atoms with Crippen LogP contribution in [0.5, 0.6) is 0 Å². The molecule has 4 rings (SSSR count). The maximum Gasteiger partial charge on any atom is 0.267 e. The highest BCUT2D eigenvalue weighted by Crippen LogP contribution is 2.35. The second kappa shape index (κ2) is 8.65. The highest BCUT2D eigenvalue weighted by Gasteiger charge is 2.30. The fourth-order valence-corrected chi connectivity index (χ4v) is 4.47. The van der Waals surface area contributed by atoms with Crippen molar-refractivity contribution in [2.24, 2.45) is 0 Å². The highest BCUT2D eigenvalue weighted by molar-refractivity contribution is 7.07. The van der Waals surface area contributed by atoms with Gasteiger partial charge in [0.15, 0.2) is 0 Å². The molecule has 1 saturated heterocycles. The zero-order valence-electron chi connectivity index (χ0n) is 17.2. The van der Waals surface area contributed by atoms with Crippen LogP contribution in [0, 0.1) is 6.92 Å². The fourth-order valence-electron chi connectivity index (χ4n) is 3.72. The van der Waals surface area contributed by atoms with Crippen molar-refractivity contribution in [1.82, 2.24) is 24.5 Å². The normalized spacial score (nSPS) is 16.5. The van der Waals surface area contributed by atoms with E-state index in [0.29, 0.717) is 28.1 Å². The first kappa shape index (κ1) is 20.7. The Balaban J connectivity index is 1.69. The van der Waals surface area contributed by atoms with Gasteiger partial charge in [-0.1, -0.05) is 28.2 Å². The molecule has 30 heavy (non-hydrogen) atoms. The van der Waals surface area contributed by atoms with Gasteiger partial charge in [0.25, 0.3) is 5.91 Å². The molecule has 0 N–H and O–H groups in total. The van der Waals surface area contributed by atoms with E-state index in [0.717, 1.165) is 47.7 Å². The van der Waals surface area contributed by atoms with Crippen molar-refractivity contribution in [2.45, 2.75) is 25.7 Å². The number of benzene rings is 1. The molecular formula is C21H23ClN6OS. The van der Waals surface area contributed by atoms with Gasteiger partial charge in [-0.25, -0.2) is 9.97 Å². The Kier molecular flexibility index (Phi) is 5.97. The van der Waals surface area contributed by atoms with Crippen LogP contribution in [0.3, 0.4) is 0 Å². The number of rotatable bonds is 4. The number of aromatic nitrogens is 4. The van der Waals surface area contributed by atoms with Crippen molar-refractivity contribution in [3.05, 3.63) is 51.7 Å². The third-order valence-corrected chi connectivity index (χ3v) is 6.37. The monoisotopic (exact) mass is 442 g/mol. The number of carbonyl (C=O) groups is 1. The molecule has 3 heterocycles. The SMILES string of the molecule is Cc1nnsc1C(=O)N1CCCC(c2nc(N(C)C)ncc2-c2ccc(Cl)cc2)C1. The average Bonchev–Trinajstić information content (AvgIpc) is 3.19. The summed E-state index contributed by atoms with van der Waals surface area (Å²) in [5.74, 6) is 0.784. The number of amides is 1. The van der Waals surface area contributed by atoms with Crippen LogP contribution in [0.2, 0.25) is 5.02 Å². The lowest BCUT2D eigenvalue weighted by Gasteiger charge is -2.33. The lowest BCUT2D eigenvalue weighted by Crippen LogP contribution is -2.39. The molecule has 0 radical (unpaired) electrons. The van der Waals surface area contributed by atoms with Crippen molar-refractivity contribution < 1.29 is 4.79 Å². The molecule has 1 atom stereocenters. The summed E-state index contributed by atoms with van der Waals surface area (Å²) in [6.45, 7) is 3.17. The zero-order valence-corrected chi connectivity index (χ0v) is 18.7. The molecule has 0 bridgehead atoms. The third-order valence-electron chi connectivity index (χ3n) is 5.30. The van der Waals surface area contributed by atoms with Crippen molar-refractivity contribution in [3.63, 3.8) is 0 Å². The van der Waals surface area contributed by atoms with Crippen molar-refractivity contribution in [1.29, 1.82) is 0 Å². The molecule has 0 spiro atoms. The Morgan fingerprint density at radius 1 is 1.27 bits per heavy atom. The molecule has 1 amide bonds. The summed E-state index contributed by atoms with van der Waals surface area (Å²) in [7, 11) is 3.86. The zero-order chi connectivity index (χ0) is 21.3. The molecule has 1 aliphatic rings. The van der Waals surface area contributed by atoms with E-state index in [9.17, 15) is 4.79 Å². The van der Waals surface area contributed by atoms with Crippen LogP contribution in [-0.2, 0) is 0 Å². The Morgan fingerprint density at radius 3 is 2.70 bits per heavy atom. The first-order chi connectivity index (χ1) is 14.4. The van der Waals surface area contributed by atoms with Gasteiger partial charge in [0.05, 0.1) is 11.4 Å². The molecular weight excluding hydrogens is 420 g/mol. The number of likely N-dealkylation sites (tertiary alicyclic amines) is 1. The van der Waals surface area contributed by atoms with E-state index in [4.69, 9.17) is 16.6 Å². The molecule has 156 valence electrons. The van der Waals surface area contributed by atoms with E-state index in [1.165, 1.54) is 0 Å². The molecule has 7 nitrogen and oxygen atoms in total. The molecule has 2 aromatic heterocycles. The summed E-state index contributed by atoms with van der Waals surface area (Å²) < 4.78 is 3.91. The number of anilines is 1. The molecule has 1 unspecified atom stereocenters. The number of halogens is 1. The van der Waals surface area contributed by atoms with E-state index < -0.39 is 0 Å². The van der Waals surface area contributed by atoms with Crippen LogP contribution < -0.4 is 4.90 Å². The van der Waals surface area contributed by atoms with Gasteiger partial charge in [-0.2, -0.15) is 0 Å². The summed E-state index contributed by atoms with van der Waals surface area (Å²) >= 11 is 7.24. The average molecular weight is 443 g/mol. The highest BCUT2D eigenvalue weighted by atomic mass is 35.5. The van der Waals surface area contributed by atoms with Crippen LogP contribution >= 0.6 is 23.1 Å². The summed E-state index contributed by atoms with van der Waals surface area (Å²) in [6, 6.07) is 7.71. The van der Waals surface area contributed by atoms with Crippen molar-refractivity contribution in [3.8, 4) is 11.1 Å². The van der Waals surface area contributed by atoms with Gasteiger partial charge in [0.2, 0.25) is 5.95 Å². The van der Waals surface area contributed by atoms with Crippen LogP contribution in [0.4, 0.5) is 5.95 Å². The van der Waals surface area contributed by atoms with E-state index in [1.54, 1.807) is 0 Å². The quantitative estimate of drug-likeness (QED) is 0.607. The first-order valence-electron chi connectivity index (χ1n) is 9.82. The molecule has 3 aromatic rings. The van der Waals surface area contributed by atoms with E-state index in [2.05, 4.69) is 14.6 Å². The van der Waals surface area contributed by atoms with Gasteiger partial charge in [0.1, 0.15) is 4.88 Å². The Labute approximate surface area is 184 Å². The first-order valence-corrected chi connectivity index (χ1v) is 11.0. The Bertz CT molecular complexity index is 1050. The number of piperidine rings is 1. The Hall–Kier alpha value is -2.58. The summed E-state index contributed by atoms with van der Waals surface area (Å²) in [5, 5.41) is 4.67. The van der Waals surface area contributed by atoms with Gasteiger partial charge in [-0.05, 0) is 49.0 Å². The van der Waals surface area contributed by atoms with Crippen LogP contribution in [0.15, 0.2) is 30.5 Å². The molecule has 1 aromatic carbocycles. The molecule has 0 saturated carbocycles. The number of carbonyl (C=O) groups excluding carboxylic acids is 1. The van der Waals surface area contributed by atoms with Crippen molar-refractivity contribution >= 4 is 35.0 Å². The number of hydrogen-bond acceptors (Lipinski definition) is 7. The predicted molar refractivity (Wildman–Crippen MR) is 119 cm³/mol. The largest absolute Gasteiger partial charge is 0.347 e. The lowest BCUT2D eigenvalue weighted by atomic mass is 9.90. The minimum Gasteiger partial charge on any atom is -0.347 e. The van der Waals surface area contributed by atoms with Gasteiger partial charge < -0.3 is 9.80 Å². The van der Waals surface area contributed by atoms with Crippen LogP contribution in [0.25, 0.3) is 11.1 Å². The molecule has 1 aliphatic heterocycles. The van der Waals surface area contributed by atoms with Gasteiger partial charge in [0, 0.05) is 49.9 Å². The minimum atomic E-state index is 0.00197. The maximum atomic E-state index is 13.0. The van der Waals surface area contributed by atoms with Crippen molar-refractivity contribution in [2.75, 3.05) is 32.1 Å². The van der Waals surface area contributed by atoms with E-state index >= 15 is 0 Å². The number of hydrogen-bond donors (Lipinski definition) is 0. The van der Waals surface area contributed by atoms with Gasteiger partial charge in [-0.15, -0.1) is 5.10 Å². The standard InChI is InChI=1S/C21H23ClN6OS/c1-13-19(30-26-25-13)20(29)28-10-4-5-15(12-28)18-17(11-23-21(24-18)27(2)3)14-6-8-16(22)9-7-14/h6-9,11,15H,4-5,10,12H2,1-3H3. The number of nitrogens with zero attached hydrogens (tertiary/aromatic N) is 6. The van der Waals surface area contributed by atoms with Crippen LogP contribution in [0.1, 0.15) is 39.8 Å². The lowest BCUT2D eigenvalue weighted by molar-refractivity contribution is 0.0710. The third kappa shape index (κ3) is 4.15. The van der Waals surface area contributed by atoms with Crippen LogP contribution in [-0.4, -0.2) is 57.5 Å². The maximum absolute atomic E-state index is 13.0. The topological polar surface area (TPSA) is 75.1 Å². The van der Waals surface area contributed by atoms with Gasteiger partial charge >= 0.3 is 0 Å². The summed E-state index contributed by atoms with van der Waals surface area (Å²) in [6.07, 6.45) is 3.76. The number of aryl methyl sites for hydroxylation is 1. The molecule has 9 heteroatoms. The molecule has 0 aliphatic carbocycles. The summed E-state index contributed by atoms with van der Waals surface area (Å²) in [5.41, 5.74) is 3.65. The molecule has 1 fully saturated rings. The Morgan fingerprint density at radius 2 is 2.03 bits per heavy atom. The summed E-state index contributed by atoms with van der Waals surface area (Å²) in [4.78, 5) is 26.9. The van der Waals surface area contributed by atoms with E-state index in [1.807, 2.05) is 61.3 Å². The fraction of sp³-hybridized carbons (Fsp3) is 0.381. The van der Waals surface area contributed by atoms with Gasteiger partial charge in [-0.3, -0.25) is 4.79 Å². The van der Waals surface area contributed by atoms with E-state index in [-0.39, 0.29) is 11.8 Å².